The van der Waals surface area contributed by atoms with Crippen LogP contribution in [-0.4, -0.2) is 148 Å². The molecule has 1 aromatic heterocycles. The van der Waals surface area contributed by atoms with Crippen LogP contribution in [0.4, 0.5) is 10.1 Å². The van der Waals surface area contributed by atoms with E-state index in [0.29, 0.717) is 31.7 Å². The van der Waals surface area contributed by atoms with E-state index in [1.165, 1.54) is 60.4 Å². The zero-order chi connectivity index (χ0) is 59.4. The molecule has 6 heterocycles. The van der Waals surface area contributed by atoms with Crippen molar-refractivity contribution in [3.05, 3.63) is 104 Å². The maximum atomic E-state index is 16.5. The molecule has 5 aliphatic heterocycles. The molecule has 1 amide bonds. The van der Waals surface area contributed by atoms with E-state index >= 15 is 4.39 Å². The van der Waals surface area contributed by atoms with Crippen LogP contribution in [0.5, 0.6) is 17.2 Å². The average molecular weight is 1140 g/mol. The van der Waals surface area contributed by atoms with E-state index in [9.17, 15) is 49.2 Å². The number of benzene rings is 2. The Bertz CT molecular complexity index is 3330. The fourth-order valence-corrected chi connectivity index (χ4v) is 12.5. The van der Waals surface area contributed by atoms with E-state index in [4.69, 9.17) is 28.5 Å². The average Bonchev–Trinajstić information content (AvgIpc) is 4.36. The van der Waals surface area contributed by atoms with Gasteiger partial charge in [-0.3, -0.25) is 28.9 Å². The van der Waals surface area contributed by atoms with Gasteiger partial charge in [0.25, 0.3) is 11.7 Å². The Morgan fingerprint density at radius 1 is 0.963 bits per heavy atom. The minimum absolute atomic E-state index is 0.00112. The third-order valence-electron chi connectivity index (χ3n) is 17.2. The highest BCUT2D eigenvalue weighted by atomic mass is 19.1. The van der Waals surface area contributed by atoms with Gasteiger partial charge < -0.3 is 63.7 Å². The second-order valence-corrected chi connectivity index (χ2v) is 22.7. The predicted octanol–water partition coefficient (Wildman–Crippen LogP) is 6.26. The molecule has 22 heteroatoms. The first kappa shape index (κ1) is 59.2. The van der Waals surface area contributed by atoms with Gasteiger partial charge in [-0.1, -0.05) is 51.1 Å². The molecule has 0 spiro atoms. The van der Waals surface area contributed by atoms with Crippen molar-refractivity contribution in [1.82, 2.24) is 14.8 Å². The highest BCUT2D eigenvalue weighted by Gasteiger charge is 2.51. The largest absolute Gasteiger partial charge is 0.507 e. The molecule has 3 aromatic rings. The summed E-state index contributed by atoms with van der Waals surface area (Å²) in [5.74, 6) is -10.0. The van der Waals surface area contributed by atoms with Crippen molar-refractivity contribution in [2.45, 2.75) is 123 Å². The van der Waals surface area contributed by atoms with Crippen molar-refractivity contribution in [2.75, 3.05) is 51.9 Å². The van der Waals surface area contributed by atoms with Gasteiger partial charge in [-0.25, -0.2) is 9.18 Å². The second-order valence-electron chi connectivity index (χ2n) is 22.7. The van der Waals surface area contributed by atoms with E-state index in [-0.39, 0.29) is 75.2 Å². The fraction of sp³-hybridized carbons (Fsp3) is 0.517. The molecule has 2 aromatic carbocycles. The number of oxime groups is 1. The number of aromatic nitrogens is 1. The third-order valence-corrected chi connectivity index (χ3v) is 17.2. The number of esters is 1. The molecule has 2 aliphatic carbocycles. The standard InChI is InChI=1S/C60H72FN5O16/c1-28-13-11-14-29(2)58(74)62-40-24-42(68)44-45(53(40)73)51(71)33(6)55-46(44)57(60(8,82-55)79-21-18-43(77-9)30(3)54(81-34(7)67)32(5)50(70)31(4)49(28)69)63-80-22-20-64-19-12-15-35-25-65(27-41(35)64)48-39(61)23-37-47(56(48)78-10)66(36-16-17-36)26-38(52(37)72)59(75)76/h11,13-14,18,21,23-24,26,28,30-32,35-36,41,43,49-50,54,69-71H,12,15-17,19-20,22,25,27H2,1-10H3,(H,62,74)(H,75,76)/b13-11+,21-18+,29-14-,63-57-/t28-,30+,31+,32+,35+,41-,43-,49-,50+,54+,60-/m0/s1. The second kappa shape index (κ2) is 23.5. The number of aromatic hydroxyl groups is 1. The first-order valence-electron chi connectivity index (χ1n) is 27.8. The molecule has 0 unspecified atom stereocenters. The van der Waals surface area contributed by atoms with Crippen molar-refractivity contribution in [1.29, 1.82) is 0 Å². The smallest absolute Gasteiger partial charge is 0.341 e. The summed E-state index contributed by atoms with van der Waals surface area (Å²) >= 11 is 0. The maximum Gasteiger partial charge on any atom is 0.341 e. The zero-order valence-corrected chi connectivity index (χ0v) is 47.7. The number of hydrogen-bond acceptors (Lipinski definition) is 18. The number of ether oxygens (including phenoxy) is 5. The number of fused-ring (bicyclic) bond motifs is 16. The number of aromatic carboxylic acids is 1. The number of aliphatic hydroxyl groups is 2. The van der Waals surface area contributed by atoms with Crippen LogP contribution in [0, 0.1) is 42.3 Å². The number of Topliss-reactive ketones (excluding diaryl/α,β-unsaturated/α-hetero) is 1. The van der Waals surface area contributed by atoms with Crippen LogP contribution < -0.4 is 25.1 Å². The van der Waals surface area contributed by atoms with Gasteiger partial charge in [-0.15, -0.1) is 0 Å². The lowest BCUT2D eigenvalue weighted by molar-refractivity contribution is -0.160. The number of nitrogens with zero attached hydrogens (tertiary/aromatic N) is 4. The van der Waals surface area contributed by atoms with Gasteiger partial charge >= 0.3 is 11.9 Å². The Hall–Kier alpha value is -7.40. The Labute approximate surface area is 473 Å². The molecule has 5 bridgehead atoms. The molecule has 2 saturated heterocycles. The number of likely N-dealkylation sites (tertiary alicyclic amines) is 1. The number of allylic oxidation sites excluding steroid dienone is 4. The van der Waals surface area contributed by atoms with Crippen LogP contribution in [0.25, 0.3) is 10.9 Å². The minimum Gasteiger partial charge on any atom is -0.507 e. The number of phenolic OH excluding ortho intramolecular Hbond substituents is 1. The quantitative estimate of drug-likeness (QED) is 0.0851. The van der Waals surface area contributed by atoms with Gasteiger partial charge in [0.05, 0.1) is 65.0 Å². The number of aliphatic hydroxyl groups excluding tert-OH is 2. The Kier molecular flexibility index (Phi) is 16.9. The number of piperidine rings is 1. The van der Waals surface area contributed by atoms with Gasteiger partial charge in [0.15, 0.2) is 23.1 Å². The molecule has 11 atom stereocenters. The number of carbonyl (C=O) groups is 5. The molecule has 5 N–H and O–H groups in total. The van der Waals surface area contributed by atoms with Gasteiger partial charge in [-0.05, 0) is 64.1 Å². The third kappa shape index (κ3) is 10.9. The van der Waals surface area contributed by atoms with Gasteiger partial charge in [0.2, 0.25) is 11.2 Å². The van der Waals surface area contributed by atoms with E-state index in [1.807, 2.05) is 4.90 Å². The Morgan fingerprint density at radius 2 is 1.70 bits per heavy atom. The SMILES string of the molecule is COc1c(N2C[C@H]3CCCN(CCO/N=C4/c5c6c(C)c(O)c7c5C(=O)C=C(NC(=O)/C(C)=C\C=C\[C@H](C)[C@H](O)[C@@H](C)[C@@H](O)[C@@H](C)[C@H](OC(C)=O)[C@H](C)[C@@H](OC)/C=C/O[C@@]4(C)O6)C7=O)[C@H]3C2)c(F)cc2c(=O)c(C(=O)O)cn(C3CC3)c12. The normalized spacial score (nSPS) is 30.9. The summed E-state index contributed by atoms with van der Waals surface area (Å²) in [5, 5.41) is 51.8. The van der Waals surface area contributed by atoms with E-state index < -0.39 is 117 Å². The number of carbonyl (C=O) groups excluding carboxylic acids is 4. The van der Waals surface area contributed by atoms with Crippen LogP contribution in [0.15, 0.2) is 70.1 Å². The summed E-state index contributed by atoms with van der Waals surface area (Å²) in [6.45, 7) is 14.4. The van der Waals surface area contributed by atoms with E-state index in [1.54, 1.807) is 50.5 Å². The van der Waals surface area contributed by atoms with Crippen LogP contribution >= 0.6 is 0 Å². The summed E-state index contributed by atoms with van der Waals surface area (Å²) in [6, 6.07) is 0.958. The first-order valence-corrected chi connectivity index (χ1v) is 27.8. The minimum atomic E-state index is -1.93. The number of hydrogen-bond donors (Lipinski definition) is 5. The molecule has 21 nitrogen and oxygen atoms in total. The Balaban J connectivity index is 1.04. The van der Waals surface area contributed by atoms with Gasteiger partial charge in [0.1, 0.15) is 35.5 Å². The molecule has 1 saturated carbocycles. The molecular formula is C60H72FN5O16. The zero-order valence-electron chi connectivity index (χ0n) is 47.7. The molecule has 10 rings (SSSR count). The molecular weight excluding hydrogens is 1070 g/mol. The highest BCUT2D eigenvalue weighted by Crippen LogP contribution is 2.49. The number of phenols is 1. The molecule has 3 fully saturated rings. The van der Waals surface area contributed by atoms with Gasteiger partial charge in [0, 0.05) is 99.8 Å². The number of carboxylic acids is 1. The van der Waals surface area contributed by atoms with E-state index in [2.05, 4.69) is 15.4 Å². The number of amides is 1. The van der Waals surface area contributed by atoms with Crippen molar-refractivity contribution in [3.8, 4) is 17.2 Å². The summed E-state index contributed by atoms with van der Waals surface area (Å²) in [4.78, 5) is 90.9. The number of anilines is 1. The number of nitrogens with one attached hydrogen (secondary N) is 1. The van der Waals surface area contributed by atoms with Crippen molar-refractivity contribution < 1.29 is 77.3 Å². The van der Waals surface area contributed by atoms with E-state index in [0.717, 1.165) is 37.8 Å². The monoisotopic (exact) mass is 1140 g/mol. The van der Waals surface area contributed by atoms with Crippen molar-refractivity contribution >= 4 is 51.7 Å². The van der Waals surface area contributed by atoms with Crippen LogP contribution in [-0.2, 0) is 28.6 Å². The fourth-order valence-electron chi connectivity index (χ4n) is 12.5. The number of pyridine rings is 1. The summed E-state index contributed by atoms with van der Waals surface area (Å²) in [7, 11) is 2.85. The number of halogens is 1. The van der Waals surface area contributed by atoms with Crippen molar-refractivity contribution in [3.63, 3.8) is 0 Å². The van der Waals surface area contributed by atoms with Gasteiger partial charge in [-0.2, -0.15) is 0 Å². The Morgan fingerprint density at radius 3 is 2.37 bits per heavy atom. The topological polar surface area (TPSA) is 275 Å². The van der Waals surface area contributed by atoms with Crippen LogP contribution in [0.1, 0.15) is 122 Å². The lowest BCUT2D eigenvalue weighted by atomic mass is 9.78. The predicted molar refractivity (Wildman–Crippen MR) is 298 cm³/mol. The number of carboxylic acid groups (broad SMARTS) is 1. The van der Waals surface area contributed by atoms with Crippen LogP contribution in [0.3, 0.4) is 0 Å². The summed E-state index contributed by atoms with van der Waals surface area (Å²) < 4.78 is 48.8. The molecule has 440 valence electrons. The number of methoxy groups -OCH3 is 2. The van der Waals surface area contributed by atoms with Crippen molar-refractivity contribution in [2.24, 2.45) is 34.7 Å². The molecule has 0 radical (unpaired) electrons. The summed E-state index contributed by atoms with van der Waals surface area (Å²) in [6.07, 6.45) is 8.91. The highest BCUT2D eigenvalue weighted by molar-refractivity contribution is 6.31. The molecule has 7 aliphatic rings. The molecule has 82 heavy (non-hydrogen) atoms. The summed E-state index contributed by atoms with van der Waals surface area (Å²) in [5.41, 5.74) is -1.70. The maximum absolute atomic E-state index is 16.5. The van der Waals surface area contributed by atoms with Crippen LogP contribution in [0.2, 0.25) is 0 Å². The lowest BCUT2D eigenvalue weighted by Gasteiger charge is -2.38. The number of ketones is 2. The number of rotatable bonds is 10. The first-order chi connectivity index (χ1) is 38.9. The lowest BCUT2D eigenvalue weighted by Crippen LogP contribution is -2.46.